The molecule has 2 N–H and O–H groups in total. The number of carbonyl (C=O) groups is 1. The van der Waals surface area contributed by atoms with Crippen LogP contribution in [0.2, 0.25) is 0 Å². The number of H-pyrrole nitrogens is 1. The van der Waals surface area contributed by atoms with E-state index < -0.39 is 0 Å². The van der Waals surface area contributed by atoms with Crippen LogP contribution in [0.3, 0.4) is 0 Å². The van der Waals surface area contributed by atoms with Gasteiger partial charge in [-0.1, -0.05) is 30.3 Å². The van der Waals surface area contributed by atoms with E-state index in [-0.39, 0.29) is 5.91 Å². The van der Waals surface area contributed by atoms with Gasteiger partial charge in [-0.2, -0.15) is 5.10 Å². The van der Waals surface area contributed by atoms with Gasteiger partial charge in [-0.15, -0.1) is 0 Å². The third-order valence-electron chi connectivity index (χ3n) is 5.62. The molecule has 2 heterocycles. The Morgan fingerprint density at radius 1 is 1.06 bits per heavy atom. The van der Waals surface area contributed by atoms with E-state index >= 15 is 0 Å². The summed E-state index contributed by atoms with van der Waals surface area (Å²) < 4.78 is 5.25. The van der Waals surface area contributed by atoms with Crippen LogP contribution in [0.25, 0.3) is 11.3 Å². The fourth-order valence-corrected chi connectivity index (χ4v) is 3.84. The molecular formula is C24H29N5O2. The molecule has 1 aliphatic rings. The predicted molar refractivity (Wildman–Crippen MR) is 123 cm³/mol. The molecule has 0 unspecified atom stereocenters. The summed E-state index contributed by atoms with van der Waals surface area (Å²) in [6.45, 7) is 5.81. The van der Waals surface area contributed by atoms with Gasteiger partial charge in [0.15, 0.2) is 0 Å². The van der Waals surface area contributed by atoms with Crippen LogP contribution in [0.4, 0.5) is 5.69 Å². The molecule has 1 aliphatic heterocycles. The number of para-hydroxylation sites is 1. The van der Waals surface area contributed by atoms with Gasteiger partial charge in [-0.3, -0.25) is 14.8 Å². The van der Waals surface area contributed by atoms with Crippen molar-refractivity contribution in [1.82, 2.24) is 20.4 Å². The summed E-state index contributed by atoms with van der Waals surface area (Å²) in [5.74, 6) is 0.631. The zero-order chi connectivity index (χ0) is 21.5. The van der Waals surface area contributed by atoms with Crippen LogP contribution < -0.4 is 15.0 Å². The number of methoxy groups -OCH3 is 1. The molecule has 3 aromatic rings. The predicted octanol–water partition coefficient (Wildman–Crippen LogP) is 3.03. The first-order chi connectivity index (χ1) is 15.2. The highest BCUT2D eigenvalue weighted by Crippen LogP contribution is 2.22. The fourth-order valence-electron chi connectivity index (χ4n) is 3.84. The van der Waals surface area contributed by atoms with Crippen LogP contribution in [-0.2, 0) is 0 Å². The summed E-state index contributed by atoms with van der Waals surface area (Å²) in [5, 5.41) is 10.1. The van der Waals surface area contributed by atoms with Crippen molar-refractivity contribution in [3.63, 3.8) is 0 Å². The third kappa shape index (κ3) is 5.44. The van der Waals surface area contributed by atoms with Gasteiger partial charge in [0.05, 0.1) is 12.8 Å². The number of nitrogens with zero attached hydrogens (tertiary/aromatic N) is 3. The molecule has 2 aromatic carbocycles. The summed E-state index contributed by atoms with van der Waals surface area (Å²) in [5.41, 5.74) is 3.39. The van der Waals surface area contributed by atoms with E-state index in [4.69, 9.17) is 4.74 Å². The highest BCUT2D eigenvalue weighted by atomic mass is 16.5. The third-order valence-corrected chi connectivity index (χ3v) is 5.62. The quantitative estimate of drug-likeness (QED) is 0.549. The van der Waals surface area contributed by atoms with E-state index in [1.807, 2.05) is 24.3 Å². The Hall–Kier alpha value is -3.32. The number of benzene rings is 2. The van der Waals surface area contributed by atoms with Crippen LogP contribution in [-0.4, -0.2) is 67.4 Å². The Labute approximate surface area is 183 Å². The van der Waals surface area contributed by atoms with Gasteiger partial charge in [-0.05, 0) is 43.3 Å². The molecule has 31 heavy (non-hydrogen) atoms. The molecule has 0 atom stereocenters. The summed E-state index contributed by atoms with van der Waals surface area (Å²) in [7, 11) is 1.63. The van der Waals surface area contributed by atoms with Crippen molar-refractivity contribution in [2.24, 2.45) is 0 Å². The zero-order valence-electron chi connectivity index (χ0n) is 17.9. The molecule has 1 saturated heterocycles. The number of rotatable bonds is 8. The largest absolute Gasteiger partial charge is 0.497 e. The minimum Gasteiger partial charge on any atom is -0.497 e. The summed E-state index contributed by atoms with van der Waals surface area (Å²) in [6.07, 6.45) is 0.925. The number of hydrogen-bond donors (Lipinski definition) is 2. The lowest BCUT2D eigenvalue weighted by Gasteiger charge is -2.36. The Bertz CT molecular complexity index is 980. The maximum atomic E-state index is 12.4. The lowest BCUT2D eigenvalue weighted by molar-refractivity contribution is 0.0946. The normalized spacial score (nSPS) is 14.4. The first-order valence-corrected chi connectivity index (χ1v) is 10.7. The standard InChI is InChI=1S/C24H29N5O2/c1-31-21-10-5-7-19(17-21)22-18-23(27-26-22)24(30)25-11-6-12-28-13-15-29(16-14-28)20-8-3-2-4-9-20/h2-5,7-10,17-18H,6,11-16H2,1H3,(H,25,30)(H,26,27). The van der Waals surface area contributed by atoms with Crippen molar-refractivity contribution >= 4 is 11.6 Å². The average molecular weight is 420 g/mol. The molecule has 0 spiro atoms. The van der Waals surface area contributed by atoms with Crippen molar-refractivity contribution in [1.29, 1.82) is 0 Å². The molecule has 162 valence electrons. The molecule has 4 rings (SSSR count). The molecule has 0 aliphatic carbocycles. The maximum Gasteiger partial charge on any atom is 0.269 e. The van der Waals surface area contributed by atoms with Crippen LogP contribution in [0.5, 0.6) is 5.75 Å². The van der Waals surface area contributed by atoms with Crippen LogP contribution in [0.15, 0.2) is 60.7 Å². The summed E-state index contributed by atoms with van der Waals surface area (Å²) in [6, 6.07) is 20.0. The Morgan fingerprint density at radius 3 is 2.65 bits per heavy atom. The first-order valence-electron chi connectivity index (χ1n) is 10.7. The number of aromatic amines is 1. The fraction of sp³-hybridized carbons (Fsp3) is 0.333. The second-order valence-electron chi connectivity index (χ2n) is 7.67. The number of aromatic nitrogens is 2. The van der Waals surface area contributed by atoms with Gasteiger partial charge < -0.3 is 15.0 Å². The Kier molecular flexibility index (Phi) is 6.84. The van der Waals surface area contributed by atoms with Crippen molar-refractivity contribution in [3.05, 3.63) is 66.4 Å². The minimum atomic E-state index is -0.129. The number of amides is 1. The van der Waals surface area contributed by atoms with Gasteiger partial charge >= 0.3 is 0 Å². The maximum absolute atomic E-state index is 12.4. The number of ether oxygens (including phenoxy) is 1. The molecule has 0 saturated carbocycles. The van der Waals surface area contributed by atoms with E-state index in [1.165, 1.54) is 5.69 Å². The SMILES string of the molecule is COc1cccc(-c2cc(C(=O)NCCCN3CCN(c4ccccc4)CC3)[nH]n2)c1. The average Bonchev–Trinajstić information content (AvgIpc) is 3.33. The van der Waals surface area contributed by atoms with E-state index in [1.54, 1.807) is 13.2 Å². The highest BCUT2D eigenvalue weighted by Gasteiger charge is 2.17. The smallest absolute Gasteiger partial charge is 0.269 e. The van der Waals surface area contributed by atoms with Crippen molar-refractivity contribution < 1.29 is 9.53 Å². The summed E-state index contributed by atoms with van der Waals surface area (Å²) >= 11 is 0. The van der Waals surface area contributed by atoms with Crippen molar-refractivity contribution in [2.75, 3.05) is 51.3 Å². The molecule has 7 heteroatoms. The van der Waals surface area contributed by atoms with Gasteiger partial charge in [0.1, 0.15) is 11.4 Å². The lowest BCUT2D eigenvalue weighted by atomic mass is 10.1. The lowest BCUT2D eigenvalue weighted by Crippen LogP contribution is -2.47. The van der Waals surface area contributed by atoms with Crippen molar-refractivity contribution in [3.8, 4) is 17.0 Å². The van der Waals surface area contributed by atoms with Gasteiger partial charge in [-0.25, -0.2) is 0 Å². The van der Waals surface area contributed by atoms with E-state index in [2.05, 4.69) is 55.6 Å². The minimum absolute atomic E-state index is 0.129. The van der Waals surface area contributed by atoms with Crippen LogP contribution in [0.1, 0.15) is 16.9 Å². The van der Waals surface area contributed by atoms with Crippen LogP contribution >= 0.6 is 0 Å². The van der Waals surface area contributed by atoms with E-state index in [0.717, 1.165) is 56.2 Å². The molecule has 0 radical (unpaired) electrons. The number of carbonyl (C=O) groups excluding carboxylic acids is 1. The molecule has 1 aromatic heterocycles. The topological polar surface area (TPSA) is 73.5 Å². The Balaban J connectivity index is 1.19. The molecule has 0 bridgehead atoms. The van der Waals surface area contributed by atoms with Gasteiger partial charge in [0.2, 0.25) is 0 Å². The van der Waals surface area contributed by atoms with Crippen molar-refractivity contribution in [2.45, 2.75) is 6.42 Å². The van der Waals surface area contributed by atoms with Gasteiger partial charge in [0.25, 0.3) is 5.91 Å². The molecule has 1 fully saturated rings. The molecule has 1 amide bonds. The molecule has 7 nitrogen and oxygen atoms in total. The van der Waals surface area contributed by atoms with E-state index in [9.17, 15) is 4.79 Å². The monoisotopic (exact) mass is 419 g/mol. The molecular weight excluding hydrogens is 390 g/mol. The van der Waals surface area contributed by atoms with Gasteiger partial charge in [0, 0.05) is 44.0 Å². The number of hydrogen-bond acceptors (Lipinski definition) is 5. The number of anilines is 1. The highest BCUT2D eigenvalue weighted by molar-refractivity contribution is 5.93. The second-order valence-corrected chi connectivity index (χ2v) is 7.67. The Morgan fingerprint density at radius 2 is 1.87 bits per heavy atom. The second kappa shape index (κ2) is 10.1. The number of nitrogens with one attached hydrogen (secondary N) is 2. The van der Waals surface area contributed by atoms with Crippen LogP contribution in [0, 0.1) is 0 Å². The van der Waals surface area contributed by atoms with E-state index in [0.29, 0.717) is 12.2 Å². The zero-order valence-corrected chi connectivity index (χ0v) is 17.9. The number of piperazine rings is 1. The summed E-state index contributed by atoms with van der Waals surface area (Å²) in [4.78, 5) is 17.3. The first kappa shape index (κ1) is 20.9.